The second kappa shape index (κ2) is 5.80. The molecule has 5 nitrogen and oxygen atoms in total. The molecule has 0 aliphatic carbocycles. The van der Waals surface area contributed by atoms with Gasteiger partial charge in [0.25, 0.3) is 5.91 Å². The van der Waals surface area contributed by atoms with Gasteiger partial charge in [0.15, 0.2) is 0 Å². The molecule has 2 rings (SSSR count). The number of hydrogen-bond acceptors (Lipinski definition) is 3. The molecule has 0 heterocycles. The molecule has 3 N–H and O–H groups in total. The highest BCUT2D eigenvalue weighted by Gasteiger charge is 2.16. The van der Waals surface area contributed by atoms with E-state index in [-0.39, 0.29) is 21.2 Å². The molecule has 0 bridgehead atoms. The average molecular weight is 329 g/mol. The summed E-state index contributed by atoms with van der Waals surface area (Å²) in [4.78, 5) is 11.8. The van der Waals surface area contributed by atoms with Crippen molar-refractivity contribution in [3.05, 3.63) is 58.9 Å². The molecule has 0 unspecified atom stereocenters. The second-order valence-corrected chi connectivity index (χ2v) is 6.09. The van der Waals surface area contributed by atoms with Crippen molar-refractivity contribution in [2.45, 2.75) is 4.90 Å². The fraction of sp³-hybridized carbons (Fsp3) is 0. The van der Waals surface area contributed by atoms with Crippen LogP contribution in [-0.2, 0) is 10.0 Å². The minimum Gasteiger partial charge on any atom is -0.319 e. The zero-order chi connectivity index (χ0) is 15.6. The zero-order valence-corrected chi connectivity index (χ0v) is 12.1. The Hall–Kier alpha value is -1.96. The predicted molar refractivity (Wildman–Crippen MR) is 77.2 cm³/mol. The van der Waals surface area contributed by atoms with Crippen molar-refractivity contribution >= 4 is 33.2 Å². The van der Waals surface area contributed by atoms with Gasteiger partial charge in [-0.1, -0.05) is 23.7 Å². The van der Waals surface area contributed by atoms with E-state index in [1.165, 1.54) is 30.3 Å². The molecule has 1 amide bonds. The lowest BCUT2D eigenvalue weighted by atomic mass is 10.2. The number of primary sulfonamides is 1. The van der Waals surface area contributed by atoms with Gasteiger partial charge in [0, 0.05) is 0 Å². The predicted octanol–water partition coefficient (Wildman–Crippen LogP) is 2.38. The maximum atomic E-state index is 13.5. The van der Waals surface area contributed by atoms with Gasteiger partial charge in [-0.25, -0.2) is 17.9 Å². The number of nitrogens with one attached hydrogen (secondary N) is 1. The van der Waals surface area contributed by atoms with Crippen LogP contribution in [-0.4, -0.2) is 14.3 Å². The number of hydrogen-bond donors (Lipinski definition) is 2. The summed E-state index contributed by atoms with van der Waals surface area (Å²) in [7, 11) is -3.97. The van der Waals surface area contributed by atoms with Crippen LogP contribution in [0.2, 0.25) is 5.02 Å². The third kappa shape index (κ3) is 3.57. The topological polar surface area (TPSA) is 89.3 Å². The molecular weight excluding hydrogens is 319 g/mol. The van der Waals surface area contributed by atoms with Crippen LogP contribution in [0.3, 0.4) is 0 Å². The number of sulfonamides is 1. The van der Waals surface area contributed by atoms with Crippen LogP contribution in [0.25, 0.3) is 0 Å². The van der Waals surface area contributed by atoms with Gasteiger partial charge < -0.3 is 5.32 Å². The Bertz CT molecular complexity index is 809. The van der Waals surface area contributed by atoms with E-state index < -0.39 is 21.7 Å². The monoisotopic (exact) mass is 328 g/mol. The first-order chi connectivity index (χ1) is 9.79. The molecule has 0 atom stereocenters. The van der Waals surface area contributed by atoms with Gasteiger partial charge in [0.05, 0.1) is 21.2 Å². The molecule has 0 fully saturated rings. The lowest BCUT2D eigenvalue weighted by Gasteiger charge is -2.08. The molecule has 2 aromatic carbocycles. The van der Waals surface area contributed by atoms with E-state index in [0.29, 0.717) is 0 Å². The van der Waals surface area contributed by atoms with Gasteiger partial charge in [-0.15, -0.1) is 0 Å². The van der Waals surface area contributed by atoms with Crippen molar-refractivity contribution in [1.29, 1.82) is 0 Å². The Morgan fingerprint density at radius 3 is 2.48 bits per heavy atom. The zero-order valence-electron chi connectivity index (χ0n) is 10.5. The first-order valence-corrected chi connectivity index (χ1v) is 7.59. The van der Waals surface area contributed by atoms with E-state index in [4.69, 9.17) is 16.7 Å². The first kappa shape index (κ1) is 15.4. The number of amides is 1. The average Bonchev–Trinajstić information content (AvgIpc) is 2.40. The summed E-state index contributed by atoms with van der Waals surface area (Å²) in [5.74, 6) is -1.36. The van der Waals surface area contributed by atoms with E-state index >= 15 is 0 Å². The van der Waals surface area contributed by atoms with Crippen molar-refractivity contribution in [1.82, 2.24) is 0 Å². The number of benzene rings is 2. The Morgan fingerprint density at radius 2 is 1.86 bits per heavy atom. The van der Waals surface area contributed by atoms with Crippen molar-refractivity contribution in [2.75, 3.05) is 5.32 Å². The fourth-order valence-electron chi connectivity index (χ4n) is 1.61. The van der Waals surface area contributed by atoms with Crippen molar-refractivity contribution in [3.63, 3.8) is 0 Å². The normalized spacial score (nSPS) is 11.2. The number of anilines is 1. The molecule has 0 aliphatic rings. The summed E-state index contributed by atoms with van der Waals surface area (Å²) in [5.41, 5.74) is -0.161. The third-order valence-electron chi connectivity index (χ3n) is 2.63. The minimum absolute atomic E-state index is 0.0243. The summed E-state index contributed by atoms with van der Waals surface area (Å²) >= 11 is 5.86. The standard InChI is InChI=1S/C13H10ClFN2O3S/c14-10-6-5-8(21(16,19)20)7-9(10)13(18)17-12-4-2-1-3-11(12)15/h1-7H,(H,17,18)(H2,16,19,20). The van der Waals surface area contributed by atoms with E-state index in [9.17, 15) is 17.6 Å². The lowest BCUT2D eigenvalue weighted by Crippen LogP contribution is -2.16. The second-order valence-electron chi connectivity index (χ2n) is 4.12. The van der Waals surface area contributed by atoms with Gasteiger partial charge in [-0.3, -0.25) is 4.79 Å². The minimum atomic E-state index is -3.97. The number of carbonyl (C=O) groups is 1. The van der Waals surface area contributed by atoms with Gasteiger partial charge in [-0.05, 0) is 30.3 Å². The summed E-state index contributed by atoms with van der Waals surface area (Å²) in [6.45, 7) is 0. The maximum Gasteiger partial charge on any atom is 0.257 e. The van der Waals surface area contributed by atoms with Gasteiger partial charge in [0.1, 0.15) is 5.82 Å². The van der Waals surface area contributed by atoms with Crippen LogP contribution in [0.4, 0.5) is 10.1 Å². The van der Waals surface area contributed by atoms with E-state index in [0.717, 1.165) is 6.07 Å². The molecule has 0 spiro atoms. The molecule has 0 aromatic heterocycles. The highest BCUT2D eigenvalue weighted by Crippen LogP contribution is 2.22. The SMILES string of the molecule is NS(=O)(=O)c1ccc(Cl)c(C(=O)Nc2ccccc2F)c1. The Labute approximate surface area is 125 Å². The summed E-state index contributed by atoms with van der Waals surface area (Å²) in [5, 5.41) is 7.33. The molecule has 8 heteroatoms. The van der Waals surface area contributed by atoms with Crippen molar-refractivity contribution < 1.29 is 17.6 Å². The van der Waals surface area contributed by atoms with Gasteiger partial charge >= 0.3 is 0 Å². The number of rotatable bonds is 3. The fourth-order valence-corrected chi connectivity index (χ4v) is 2.35. The Balaban J connectivity index is 2.38. The first-order valence-electron chi connectivity index (χ1n) is 5.67. The number of nitrogens with two attached hydrogens (primary N) is 1. The van der Waals surface area contributed by atoms with Crippen LogP contribution in [0.15, 0.2) is 47.4 Å². The smallest absolute Gasteiger partial charge is 0.257 e. The van der Waals surface area contributed by atoms with Crippen molar-refractivity contribution in [3.8, 4) is 0 Å². The summed E-state index contributed by atoms with van der Waals surface area (Å²) < 4.78 is 36.0. The quantitative estimate of drug-likeness (QED) is 0.906. The number of para-hydroxylation sites is 1. The van der Waals surface area contributed by atoms with E-state index in [2.05, 4.69) is 5.32 Å². The molecule has 110 valence electrons. The molecular formula is C13H10ClFN2O3S. The van der Waals surface area contributed by atoms with E-state index in [1.807, 2.05) is 0 Å². The highest BCUT2D eigenvalue weighted by molar-refractivity contribution is 7.89. The van der Waals surface area contributed by atoms with Crippen LogP contribution in [0.5, 0.6) is 0 Å². The third-order valence-corrected chi connectivity index (χ3v) is 3.87. The summed E-state index contributed by atoms with van der Waals surface area (Å²) in [6.07, 6.45) is 0. The van der Waals surface area contributed by atoms with E-state index in [1.54, 1.807) is 6.07 Å². The number of halogens is 2. The van der Waals surface area contributed by atoms with Crippen LogP contribution in [0.1, 0.15) is 10.4 Å². The Morgan fingerprint density at radius 1 is 1.19 bits per heavy atom. The molecule has 0 saturated heterocycles. The highest BCUT2D eigenvalue weighted by atomic mass is 35.5. The summed E-state index contributed by atoms with van der Waals surface area (Å²) in [6, 6.07) is 9.01. The Kier molecular flexibility index (Phi) is 4.26. The number of carbonyl (C=O) groups excluding carboxylic acids is 1. The molecule has 0 aliphatic heterocycles. The van der Waals surface area contributed by atoms with Crippen LogP contribution in [0, 0.1) is 5.82 Å². The maximum absolute atomic E-state index is 13.5. The van der Waals surface area contributed by atoms with Crippen LogP contribution < -0.4 is 10.5 Å². The lowest BCUT2D eigenvalue weighted by molar-refractivity contribution is 0.102. The largest absolute Gasteiger partial charge is 0.319 e. The molecule has 2 aromatic rings. The molecule has 0 radical (unpaired) electrons. The van der Waals surface area contributed by atoms with Gasteiger partial charge in [-0.2, -0.15) is 0 Å². The molecule has 0 saturated carbocycles. The van der Waals surface area contributed by atoms with Gasteiger partial charge in [0.2, 0.25) is 10.0 Å². The molecule has 21 heavy (non-hydrogen) atoms. The van der Waals surface area contributed by atoms with Crippen LogP contribution >= 0.6 is 11.6 Å². The van der Waals surface area contributed by atoms with Crippen molar-refractivity contribution in [2.24, 2.45) is 5.14 Å².